The average molecular weight is 443 g/mol. The first-order valence-electron chi connectivity index (χ1n) is 8.78. The fourth-order valence-corrected chi connectivity index (χ4v) is 2.69. The van der Waals surface area contributed by atoms with Crippen LogP contribution in [0.15, 0.2) is 77.9 Å². The molecule has 0 heterocycles. The predicted molar refractivity (Wildman–Crippen MR) is 116 cm³/mol. The van der Waals surface area contributed by atoms with E-state index in [1.807, 2.05) is 0 Å². The Hall–Kier alpha value is -3.35. The third kappa shape index (κ3) is 6.62. The summed E-state index contributed by atoms with van der Waals surface area (Å²) in [6.07, 6.45) is 1.46. The molecule has 0 fully saturated rings. The molecular weight excluding hydrogens is 427 g/mol. The summed E-state index contributed by atoms with van der Waals surface area (Å²) in [4.78, 5) is 23.9. The molecule has 6 nitrogen and oxygen atoms in total. The zero-order chi connectivity index (χ0) is 21.3. The van der Waals surface area contributed by atoms with Crippen molar-refractivity contribution in [2.24, 2.45) is 5.10 Å². The first-order chi connectivity index (χ1) is 14.5. The molecular formula is C22H16Cl2N2O4. The zero-order valence-electron chi connectivity index (χ0n) is 15.5. The second kappa shape index (κ2) is 10.4. The van der Waals surface area contributed by atoms with Gasteiger partial charge in [-0.15, -0.1) is 0 Å². The van der Waals surface area contributed by atoms with E-state index in [1.165, 1.54) is 12.3 Å². The van der Waals surface area contributed by atoms with Crippen LogP contribution in [-0.4, -0.2) is 24.7 Å². The van der Waals surface area contributed by atoms with Gasteiger partial charge < -0.3 is 9.47 Å². The minimum atomic E-state index is -0.508. The van der Waals surface area contributed by atoms with Gasteiger partial charge in [0.25, 0.3) is 5.91 Å². The molecule has 1 N–H and O–H groups in total. The molecule has 0 aliphatic rings. The second-order valence-corrected chi connectivity index (χ2v) is 6.88. The topological polar surface area (TPSA) is 77.0 Å². The fraction of sp³-hybridized carbons (Fsp3) is 0.0455. The number of nitrogens with zero attached hydrogens (tertiary/aromatic N) is 1. The van der Waals surface area contributed by atoms with Crippen molar-refractivity contribution in [3.63, 3.8) is 0 Å². The molecule has 0 bridgehead atoms. The fourth-order valence-electron chi connectivity index (χ4n) is 2.32. The average Bonchev–Trinajstić information content (AvgIpc) is 2.73. The van der Waals surface area contributed by atoms with Gasteiger partial charge in [-0.1, -0.05) is 35.3 Å². The first kappa shape index (κ1) is 21.4. The van der Waals surface area contributed by atoms with Crippen LogP contribution in [0.1, 0.15) is 15.9 Å². The lowest BCUT2D eigenvalue weighted by molar-refractivity contribution is -0.123. The van der Waals surface area contributed by atoms with Crippen molar-refractivity contribution in [2.45, 2.75) is 0 Å². The van der Waals surface area contributed by atoms with Crippen LogP contribution in [0.5, 0.6) is 11.5 Å². The maximum atomic E-state index is 12.1. The lowest BCUT2D eigenvalue weighted by Crippen LogP contribution is -2.24. The largest absolute Gasteiger partial charge is 0.484 e. The van der Waals surface area contributed by atoms with Crippen LogP contribution in [0, 0.1) is 0 Å². The molecule has 0 spiro atoms. The van der Waals surface area contributed by atoms with Gasteiger partial charge in [-0.2, -0.15) is 5.10 Å². The van der Waals surface area contributed by atoms with Crippen molar-refractivity contribution < 1.29 is 19.1 Å². The molecule has 3 aromatic rings. The Bertz CT molecular complexity index is 1070. The number of rotatable bonds is 7. The van der Waals surface area contributed by atoms with Crippen LogP contribution in [0.3, 0.4) is 0 Å². The van der Waals surface area contributed by atoms with E-state index in [4.69, 9.17) is 32.7 Å². The summed E-state index contributed by atoms with van der Waals surface area (Å²) in [6.45, 7) is -0.198. The summed E-state index contributed by atoms with van der Waals surface area (Å²) in [6, 6.07) is 19.9. The Morgan fingerprint density at radius 2 is 1.60 bits per heavy atom. The number of carbonyl (C=O) groups excluding carboxylic acids is 2. The lowest BCUT2D eigenvalue weighted by Gasteiger charge is -2.05. The molecule has 0 atom stereocenters. The predicted octanol–water partition coefficient (Wildman–Crippen LogP) is 4.74. The Morgan fingerprint density at radius 3 is 2.30 bits per heavy atom. The minimum absolute atomic E-state index is 0.198. The molecule has 0 aliphatic carbocycles. The van der Waals surface area contributed by atoms with Crippen LogP contribution >= 0.6 is 23.2 Å². The molecule has 0 saturated carbocycles. The molecule has 3 aromatic carbocycles. The Labute approximate surface area is 183 Å². The molecule has 1 amide bonds. The van der Waals surface area contributed by atoms with Crippen molar-refractivity contribution in [2.75, 3.05) is 6.61 Å². The number of hydrogen-bond acceptors (Lipinski definition) is 5. The number of hydrogen-bond donors (Lipinski definition) is 1. The normalized spacial score (nSPS) is 10.6. The summed E-state index contributed by atoms with van der Waals surface area (Å²) < 4.78 is 10.6. The van der Waals surface area contributed by atoms with Gasteiger partial charge in [-0.25, -0.2) is 10.2 Å². The van der Waals surface area contributed by atoms with Gasteiger partial charge in [0.05, 0.1) is 11.8 Å². The lowest BCUT2D eigenvalue weighted by atomic mass is 10.2. The van der Waals surface area contributed by atoms with Gasteiger partial charge in [0.1, 0.15) is 11.5 Å². The summed E-state index contributed by atoms with van der Waals surface area (Å²) in [5.74, 6) is -0.0650. The number of halogens is 2. The number of hydrazone groups is 1. The molecule has 0 radical (unpaired) electrons. The monoisotopic (exact) mass is 442 g/mol. The van der Waals surface area contributed by atoms with Crippen LogP contribution in [0.2, 0.25) is 10.0 Å². The SMILES string of the molecule is O=C(COc1cccc(Cl)c1)N/N=C/c1ccc(OC(=O)c2cccc(Cl)c2)cc1. The number of ether oxygens (including phenoxy) is 2. The van der Waals surface area contributed by atoms with Crippen LogP contribution in [0.4, 0.5) is 0 Å². The highest BCUT2D eigenvalue weighted by Crippen LogP contribution is 2.17. The van der Waals surface area contributed by atoms with E-state index >= 15 is 0 Å². The number of nitrogens with one attached hydrogen (secondary N) is 1. The summed E-state index contributed by atoms with van der Waals surface area (Å²) >= 11 is 11.7. The molecule has 30 heavy (non-hydrogen) atoms. The van der Waals surface area contributed by atoms with E-state index in [1.54, 1.807) is 66.7 Å². The molecule has 0 aromatic heterocycles. The number of benzene rings is 3. The van der Waals surface area contributed by atoms with Crippen LogP contribution in [-0.2, 0) is 4.79 Å². The Kier molecular flexibility index (Phi) is 7.43. The van der Waals surface area contributed by atoms with E-state index in [9.17, 15) is 9.59 Å². The third-order valence-corrected chi connectivity index (χ3v) is 4.19. The van der Waals surface area contributed by atoms with E-state index in [0.717, 1.165) is 0 Å². The molecule has 152 valence electrons. The highest BCUT2D eigenvalue weighted by Gasteiger charge is 2.09. The zero-order valence-corrected chi connectivity index (χ0v) is 17.1. The van der Waals surface area contributed by atoms with Crippen molar-refractivity contribution in [3.05, 3.63) is 94.0 Å². The molecule has 0 unspecified atom stereocenters. The summed E-state index contributed by atoms with van der Waals surface area (Å²) in [5.41, 5.74) is 3.42. The smallest absolute Gasteiger partial charge is 0.343 e. The number of carbonyl (C=O) groups is 2. The van der Waals surface area contributed by atoms with Gasteiger partial charge in [0, 0.05) is 10.0 Å². The summed E-state index contributed by atoms with van der Waals surface area (Å²) in [5, 5.41) is 4.84. The maximum Gasteiger partial charge on any atom is 0.343 e. The van der Waals surface area contributed by atoms with Gasteiger partial charge in [-0.3, -0.25) is 4.79 Å². The standard InChI is InChI=1S/C22H16Cl2N2O4/c23-17-4-1-3-16(11-17)22(28)30-19-9-7-15(8-10-19)13-25-26-21(27)14-29-20-6-2-5-18(24)12-20/h1-13H,14H2,(H,26,27)/b25-13+. The molecule has 0 aliphatic heterocycles. The minimum Gasteiger partial charge on any atom is -0.484 e. The van der Waals surface area contributed by atoms with Crippen molar-refractivity contribution in [1.29, 1.82) is 0 Å². The van der Waals surface area contributed by atoms with E-state index < -0.39 is 11.9 Å². The first-order valence-corrected chi connectivity index (χ1v) is 9.53. The van der Waals surface area contributed by atoms with Crippen LogP contribution < -0.4 is 14.9 Å². The van der Waals surface area contributed by atoms with E-state index in [0.29, 0.717) is 32.7 Å². The Morgan fingerprint density at radius 1 is 0.900 bits per heavy atom. The Balaban J connectivity index is 1.47. The van der Waals surface area contributed by atoms with Crippen molar-refractivity contribution >= 4 is 41.3 Å². The van der Waals surface area contributed by atoms with Gasteiger partial charge in [-0.05, 0) is 66.2 Å². The van der Waals surface area contributed by atoms with Gasteiger partial charge in [0.2, 0.25) is 0 Å². The molecule has 3 rings (SSSR count). The maximum absolute atomic E-state index is 12.1. The number of esters is 1. The van der Waals surface area contributed by atoms with E-state index in [-0.39, 0.29) is 6.61 Å². The quantitative estimate of drug-likeness (QED) is 0.248. The van der Waals surface area contributed by atoms with E-state index in [2.05, 4.69) is 10.5 Å². The van der Waals surface area contributed by atoms with Crippen molar-refractivity contribution in [3.8, 4) is 11.5 Å². The van der Waals surface area contributed by atoms with Gasteiger partial charge >= 0.3 is 5.97 Å². The van der Waals surface area contributed by atoms with Gasteiger partial charge in [0.15, 0.2) is 6.61 Å². The number of amides is 1. The van der Waals surface area contributed by atoms with Crippen LogP contribution in [0.25, 0.3) is 0 Å². The highest BCUT2D eigenvalue weighted by molar-refractivity contribution is 6.31. The summed E-state index contributed by atoms with van der Waals surface area (Å²) in [7, 11) is 0. The van der Waals surface area contributed by atoms with Crippen molar-refractivity contribution in [1.82, 2.24) is 5.43 Å². The third-order valence-electron chi connectivity index (χ3n) is 3.72. The molecule has 0 saturated heterocycles. The highest BCUT2D eigenvalue weighted by atomic mass is 35.5. The second-order valence-electron chi connectivity index (χ2n) is 6.01. The molecule has 8 heteroatoms.